The maximum Gasteiger partial charge on any atom is 0.299 e. The topological polar surface area (TPSA) is 40.6 Å². The number of fused-ring (bicyclic) bond motifs is 1. The van der Waals surface area contributed by atoms with Gasteiger partial charge in [-0.3, -0.25) is 9.59 Å². The molecule has 0 N–H and O–H groups in total. The van der Waals surface area contributed by atoms with Crippen LogP contribution in [0.25, 0.3) is 0 Å². The second-order valence-electron chi connectivity index (χ2n) is 5.29. The largest absolute Gasteiger partial charge is 0.368 e. The highest BCUT2D eigenvalue weighted by atomic mass is 16.2. The van der Waals surface area contributed by atoms with Gasteiger partial charge in [0.15, 0.2) is 0 Å². The Morgan fingerprint density at radius 3 is 2.84 bits per heavy atom. The first-order chi connectivity index (χ1) is 9.13. The zero-order valence-electron chi connectivity index (χ0n) is 11.3. The van der Waals surface area contributed by atoms with Crippen LogP contribution in [0.4, 0.5) is 11.4 Å². The van der Waals surface area contributed by atoms with Crippen molar-refractivity contribution in [3.05, 3.63) is 23.8 Å². The maximum atomic E-state index is 11.8. The molecule has 0 aliphatic carbocycles. The van der Waals surface area contributed by atoms with Crippen molar-refractivity contribution in [2.24, 2.45) is 0 Å². The highest BCUT2D eigenvalue weighted by molar-refractivity contribution is 6.52. The first kappa shape index (κ1) is 12.2. The molecule has 0 spiro atoms. The number of Topliss-reactive ketones (excluding diaryl/α,β-unsaturated/α-hetero) is 1. The molecule has 0 saturated carbocycles. The van der Waals surface area contributed by atoms with Gasteiger partial charge in [-0.05, 0) is 37.5 Å². The first-order valence-electron chi connectivity index (χ1n) is 6.86. The van der Waals surface area contributed by atoms with E-state index in [4.69, 9.17) is 0 Å². The second kappa shape index (κ2) is 4.37. The van der Waals surface area contributed by atoms with Crippen LogP contribution in [-0.2, 0) is 4.79 Å². The standard InChI is InChI=1S/C15H18N2O2/c1-3-10-5-4-8-17(10)11-6-7-12-13(9-11)16(2)15(19)14(12)18/h6-7,9-10H,3-5,8H2,1-2H3. The van der Waals surface area contributed by atoms with Crippen molar-refractivity contribution in [3.8, 4) is 0 Å². The van der Waals surface area contributed by atoms with Crippen molar-refractivity contribution in [2.45, 2.75) is 32.2 Å². The summed E-state index contributed by atoms with van der Waals surface area (Å²) in [5.41, 5.74) is 2.40. The van der Waals surface area contributed by atoms with Crippen molar-refractivity contribution < 1.29 is 9.59 Å². The van der Waals surface area contributed by atoms with Crippen molar-refractivity contribution in [3.63, 3.8) is 0 Å². The zero-order chi connectivity index (χ0) is 13.6. The van der Waals surface area contributed by atoms with Crippen LogP contribution in [0.15, 0.2) is 18.2 Å². The van der Waals surface area contributed by atoms with E-state index in [-0.39, 0.29) is 0 Å². The summed E-state index contributed by atoms with van der Waals surface area (Å²) in [4.78, 5) is 27.3. The van der Waals surface area contributed by atoms with Gasteiger partial charge in [0.1, 0.15) is 0 Å². The molecule has 19 heavy (non-hydrogen) atoms. The summed E-state index contributed by atoms with van der Waals surface area (Å²) < 4.78 is 0. The molecule has 3 rings (SSSR count). The van der Waals surface area contributed by atoms with Crippen LogP contribution in [-0.4, -0.2) is 31.3 Å². The van der Waals surface area contributed by atoms with Crippen LogP contribution in [0, 0.1) is 0 Å². The molecule has 1 saturated heterocycles. The number of anilines is 2. The highest BCUT2D eigenvalue weighted by Gasteiger charge is 2.34. The molecule has 1 aromatic carbocycles. The predicted molar refractivity (Wildman–Crippen MR) is 74.8 cm³/mol. The fourth-order valence-corrected chi connectivity index (χ4v) is 3.15. The van der Waals surface area contributed by atoms with Gasteiger partial charge >= 0.3 is 0 Å². The smallest absolute Gasteiger partial charge is 0.299 e. The van der Waals surface area contributed by atoms with Crippen LogP contribution in [0.2, 0.25) is 0 Å². The van der Waals surface area contributed by atoms with Gasteiger partial charge in [0.05, 0.1) is 11.3 Å². The number of likely N-dealkylation sites (N-methyl/N-ethyl adjacent to an activating group) is 1. The van der Waals surface area contributed by atoms with Crippen LogP contribution in [0.3, 0.4) is 0 Å². The molecule has 1 atom stereocenters. The molecule has 1 aromatic rings. The molecule has 100 valence electrons. The SMILES string of the molecule is CCC1CCCN1c1ccc2c(c1)N(C)C(=O)C2=O. The molecule has 2 heterocycles. The van der Waals surface area contributed by atoms with Gasteiger partial charge < -0.3 is 9.80 Å². The van der Waals surface area contributed by atoms with Crippen molar-refractivity contribution >= 4 is 23.1 Å². The lowest BCUT2D eigenvalue weighted by molar-refractivity contribution is -0.114. The number of amides is 1. The van der Waals surface area contributed by atoms with Gasteiger partial charge in [0.2, 0.25) is 0 Å². The van der Waals surface area contributed by atoms with Crippen LogP contribution in [0.1, 0.15) is 36.5 Å². The Balaban J connectivity index is 1.99. The minimum atomic E-state index is -0.430. The van der Waals surface area contributed by atoms with E-state index in [0.29, 0.717) is 11.6 Å². The summed E-state index contributed by atoms with van der Waals surface area (Å²) in [6.45, 7) is 3.26. The number of benzene rings is 1. The quantitative estimate of drug-likeness (QED) is 0.764. The molecule has 0 aromatic heterocycles. The first-order valence-corrected chi connectivity index (χ1v) is 6.86. The number of hydrogen-bond donors (Lipinski definition) is 0. The molecule has 4 nitrogen and oxygen atoms in total. The number of ketones is 1. The fourth-order valence-electron chi connectivity index (χ4n) is 3.15. The minimum Gasteiger partial charge on any atom is -0.368 e. The Kier molecular flexibility index (Phi) is 2.81. The molecule has 2 aliphatic heterocycles. The monoisotopic (exact) mass is 258 g/mol. The van der Waals surface area contributed by atoms with Gasteiger partial charge in [-0.25, -0.2) is 0 Å². The molecule has 0 radical (unpaired) electrons. The molecular weight excluding hydrogens is 240 g/mol. The number of hydrogen-bond acceptors (Lipinski definition) is 3. The average molecular weight is 258 g/mol. The van der Waals surface area contributed by atoms with Gasteiger partial charge in [0.25, 0.3) is 11.7 Å². The summed E-state index contributed by atoms with van der Waals surface area (Å²) in [5, 5.41) is 0. The lowest BCUT2D eigenvalue weighted by Crippen LogP contribution is -2.28. The van der Waals surface area contributed by atoms with Crippen LogP contribution >= 0.6 is 0 Å². The van der Waals surface area contributed by atoms with Crippen molar-refractivity contribution in [1.29, 1.82) is 0 Å². The Morgan fingerprint density at radius 1 is 1.32 bits per heavy atom. The summed E-state index contributed by atoms with van der Waals surface area (Å²) in [6.07, 6.45) is 3.56. The number of rotatable bonds is 2. The maximum absolute atomic E-state index is 11.8. The lowest BCUT2D eigenvalue weighted by atomic mass is 10.1. The van der Waals surface area contributed by atoms with Crippen LogP contribution < -0.4 is 9.80 Å². The van der Waals surface area contributed by atoms with Gasteiger partial charge in [-0.2, -0.15) is 0 Å². The van der Waals surface area contributed by atoms with E-state index in [1.165, 1.54) is 17.7 Å². The molecule has 0 bridgehead atoms. The van der Waals surface area contributed by atoms with Gasteiger partial charge in [0, 0.05) is 25.3 Å². The summed E-state index contributed by atoms with van der Waals surface area (Å²) in [7, 11) is 1.66. The van der Waals surface area contributed by atoms with E-state index in [2.05, 4.69) is 11.8 Å². The predicted octanol–water partition coefficient (Wildman–Crippen LogP) is 2.22. The molecule has 4 heteroatoms. The van der Waals surface area contributed by atoms with Crippen molar-refractivity contribution in [2.75, 3.05) is 23.4 Å². The normalized spacial score (nSPS) is 22.3. The highest BCUT2D eigenvalue weighted by Crippen LogP contribution is 2.34. The van der Waals surface area contributed by atoms with E-state index in [1.54, 1.807) is 13.1 Å². The van der Waals surface area contributed by atoms with Crippen LogP contribution in [0.5, 0.6) is 0 Å². The Hall–Kier alpha value is -1.84. The number of carbonyl (C=O) groups excluding carboxylic acids is 2. The third kappa shape index (κ3) is 1.74. The summed E-state index contributed by atoms with van der Waals surface area (Å²) >= 11 is 0. The Bertz CT molecular complexity index is 553. The molecule has 1 amide bonds. The van der Waals surface area contributed by atoms with Gasteiger partial charge in [-0.1, -0.05) is 6.92 Å². The Labute approximate surface area is 113 Å². The third-order valence-corrected chi connectivity index (χ3v) is 4.27. The third-order valence-electron chi connectivity index (χ3n) is 4.27. The van der Waals surface area contributed by atoms with E-state index < -0.39 is 11.7 Å². The van der Waals surface area contributed by atoms with E-state index in [0.717, 1.165) is 24.3 Å². The van der Waals surface area contributed by atoms with E-state index in [1.807, 2.05) is 12.1 Å². The Morgan fingerprint density at radius 2 is 2.11 bits per heavy atom. The number of nitrogens with zero attached hydrogens (tertiary/aromatic N) is 2. The fraction of sp³-hybridized carbons (Fsp3) is 0.467. The average Bonchev–Trinajstić information content (AvgIpc) is 2.99. The lowest BCUT2D eigenvalue weighted by Gasteiger charge is -2.26. The minimum absolute atomic E-state index is 0.391. The summed E-state index contributed by atoms with van der Waals surface area (Å²) in [6, 6.07) is 6.32. The van der Waals surface area contributed by atoms with Crippen molar-refractivity contribution in [1.82, 2.24) is 0 Å². The molecular formula is C15H18N2O2. The van der Waals surface area contributed by atoms with Gasteiger partial charge in [-0.15, -0.1) is 0 Å². The molecule has 2 aliphatic rings. The molecule has 1 unspecified atom stereocenters. The number of carbonyl (C=O) groups is 2. The molecule has 1 fully saturated rings. The second-order valence-corrected chi connectivity index (χ2v) is 5.29. The van der Waals surface area contributed by atoms with E-state index >= 15 is 0 Å². The zero-order valence-corrected chi connectivity index (χ0v) is 11.3. The van der Waals surface area contributed by atoms with E-state index in [9.17, 15) is 9.59 Å². The summed E-state index contributed by atoms with van der Waals surface area (Å²) in [5.74, 6) is -0.821.